The summed E-state index contributed by atoms with van der Waals surface area (Å²) in [6, 6.07) is 0. The number of hydrogen-bond acceptors (Lipinski definition) is 5. The summed E-state index contributed by atoms with van der Waals surface area (Å²) in [5.74, 6) is -0.532. The lowest BCUT2D eigenvalue weighted by Gasteiger charge is -2.18. The summed E-state index contributed by atoms with van der Waals surface area (Å²) in [5, 5.41) is 0. The molecule has 0 saturated carbocycles. The number of carbonyl (C=O) groups is 2. The topological polar surface area (TPSA) is 61.8 Å². The SMILES string of the molecule is CC/C=C\C/C=C\C/C=C\C/C=C\C/C=C\C/C=C\CCC(=O)OCC(COCCCCCC/C=C\C/C=C\C/C=C\CC)OC(=O)CCCCCCCC/C=C\C/C=C\C/C=C\CCCCC. The van der Waals surface area contributed by atoms with Crippen LogP contribution in [0.4, 0.5) is 0 Å². The lowest BCUT2D eigenvalue weighted by atomic mass is 10.1. The molecule has 0 heterocycles. The van der Waals surface area contributed by atoms with Crippen LogP contribution in [0.2, 0.25) is 0 Å². The molecule has 0 N–H and O–H groups in total. The number of hydrogen-bond donors (Lipinski definition) is 0. The molecule has 0 aliphatic heterocycles. The van der Waals surface area contributed by atoms with Gasteiger partial charge in [0.25, 0.3) is 0 Å². The molecule has 0 saturated heterocycles. The normalized spacial score (nSPS) is 13.4. The van der Waals surface area contributed by atoms with Crippen molar-refractivity contribution < 1.29 is 23.8 Å². The van der Waals surface area contributed by atoms with Crippen LogP contribution < -0.4 is 0 Å². The fourth-order valence-electron chi connectivity index (χ4n) is 6.85. The molecule has 5 nitrogen and oxygen atoms in total. The molecule has 0 aliphatic carbocycles. The highest BCUT2D eigenvalue weighted by Crippen LogP contribution is 2.12. The molecular formula is C63H100O5. The van der Waals surface area contributed by atoms with Crippen molar-refractivity contribution in [3.05, 3.63) is 146 Å². The molecule has 0 spiro atoms. The standard InChI is InChI=1S/C63H100O5/c1-4-7-10-13-16-19-22-25-28-30-32-34-36-38-41-44-47-50-53-56-62(64)67-60-61(59-66-58-55-52-49-46-43-40-27-24-21-18-15-12-9-6-3)68-63(65)57-54-51-48-45-42-39-37-35-33-31-29-26-23-20-17-14-11-8-5-2/h7,9-10,12,16-21,25-29,32-35,38,40-41,47,50,61H,4-6,8,11,13-15,22-24,30-31,36-37,39,42-46,48-49,51-60H2,1-3H3/b10-7-,12-9-,19-16-,20-17-,21-18-,28-25-,29-26-,34-32-,35-33-,40-27-,41-38-,50-47-. The van der Waals surface area contributed by atoms with Crippen molar-refractivity contribution >= 4 is 11.9 Å². The first-order valence-corrected chi connectivity index (χ1v) is 27.4. The Balaban J connectivity index is 4.48. The van der Waals surface area contributed by atoms with Gasteiger partial charge in [0.2, 0.25) is 0 Å². The van der Waals surface area contributed by atoms with Gasteiger partial charge in [0.15, 0.2) is 6.10 Å². The summed E-state index contributed by atoms with van der Waals surface area (Å²) in [4.78, 5) is 25.5. The quantitative estimate of drug-likeness (QED) is 0.0346. The van der Waals surface area contributed by atoms with Crippen molar-refractivity contribution in [3.8, 4) is 0 Å². The molecule has 0 aromatic carbocycles. The zero-order valence-corrected chi connectivity index (χ0v) is 43.8. The van der Waals surface area contributed by atoms with Gasteiger partial charge in [0, 0.05) is 19.4 Å². The first-order valence-electron chi connectivity index (χ1n) is 27.4. The zero-order chi connectivity index (χ0) is 49.2. The van der Waals surface area contributed by atoms with Crippen molar-refractivity contribution in [1.82, 2.24) is 0 Å². The van der Waals surface area contributed by atoms with E-state index in [1.165, 1.54) is 51.4 Å². The maximum Gasteiger partial charge on any atom is 0.306 e. The van der Waals surface area contributed by atoms with Gasteiger partial charge in [0.1, 0.15) is 6.61 Å². The van der Waals surface area contributed by atoms with Crippen molar-refractivity contribution in [1.29, 1.82) is 0 Å². The third-order valence-electron chi connectivity index (χ3n) is 10.9. The van der Waals surface area contributed by atoms with Crippen LogP contribution in [-0.4, -0.2) is 37.9 Å². The Morgan fingerprint density at radius 3 is 1.12 bits per heavy atom. The van der Waals surface area contributed by atoms with E-state index in [9.17, 15) is 9.59 Å². The Labute approximate surface area is 419 Å². The van der Waals surface area contributed by atoms with Gasteiger partial charge >= 0.3 is 11.9 Å². The van der Waals surface area contributed by atoms with Gasteiger partial charge in [-0.15, -0.1) is 0 Å². The Bertz CT molecular complexity index is 1480. The third kappa shape index (κ3) is 54.4. The van der Waals surface area contributed by atoms with Crippen LogP contribution in [0.3, 0.4) is 0 Å². The van der Waals surface area contributed by atoms with Gasteiger partial charge in [-0.05, 0) is 128 Å². The highest BCUT2D eigenvalue weighted by Gasteiger charge is 2.17. The van der Waals surface area contributed by atoms with Crippen molar-refractivity contribution in [2.24, 2.45) is 0 Å². The smallest absolute Gasteiger partial charge is 0.306 e. The summed E-state index contributed by atoms with van der Waals surface area (Å²) < 4.78 is 17.3. The van der Waals surface area contributed by atoms with E-state index >= 15 is 0 Å². The average molecular weight is 937 g/mol. The van der Waals surface area contributed by atoms with Crippen molar-refractivity contribution in [2.45, 2.75) is 219 Å². The van der Waals surface area contributed by atoms with Crippen LogP contribution in [0.1, 0.15) is 213 Å². The molecule has 68 heavy (non-hydrogen) atoms. The molecular weight excluding hydrogens is 837 g/mol. The molecule has 0 amide bonds. The number of carbonyl (C=O) groups excluding carboxylic acids is 2. The van der Waals surface area contributed by atoms with Gasteiger partial charge < -0.3 is 14.2 Å². The van der Waals surface area contributed by atoms with Crippen LogP contribution in [-0.2, 0) is 23.8 Å². The molecule has 0 bridgehead atoms. The third-order valence-corrected chi connectivity index (χ3v) is 10.9. The molecule has 1 atom stereocenters. The number of esters is 2. The van der Waals surface area contributed by atoms with E-state index in [1.807, 2.05) is 6.08 Å². The Morgan fingerprint density at radius 2 is 0.691 bits per heavy atom. The summed E-state index contributed by atoms with van der Waals surface area (Å²) in [5.41, 5.74) is 0. The molecule has 0 rings (SSSR count). The van der Waals surface area contributed by atoms with Crippen molar-refractivity contribution in [2.75, 3.05) is 19.8 Å². The Kier molecular flexibility index (Phi) is 53.6. The molecule has 0 aliphatic rings. The molecule has 5 heteroatoms. The highest BCUT2D eigenvalue weighted by molar-refractivity contribution is 5.70. The second-order valence-corrected chi connectivity index (χ2v) is 17.4. The predicted octanol–water partition coefficient (Wildman–Crippen LogP) is 18.9. The highest BCUT2D eigenvalue weighted by atomic mass is 16.6. The van der Waals surface area contributed by atoms with E-state index in [0.717, 1.165) is 122 Å². The van der Waals surface area contributed by atoms with E-state index in [0.29, 0.717) is 19.4 Å². The number of ether oxygens (including phenoxy) is 3. The molecule has 0 fully saturated rings. The minimum atomic E-state index is -0.597. The van der Waals surface area contributed by atoms with E-state index in [1.54, 1.807) is 0 Å². The average Bonchev–Trinajstić information content (AvgIpc) is 3.34. The summed E-state index contributed by atoms with van der Waals surface area (Å²) in [7, 11) is 0. The summed E-state index contributed by atoms with van der Waals surface area (Å²) in [6.07, 6.45) is 83.0. The first-order chi connectivity index (χ1) is 33.6. The molecule has 0 radical (unpaired) electrons. The number of unbranched alkanes of at least 4 members (excludes halogenated alkanes) is 13. The fraction of sp³-hybridized carbons (Fsp3) is 0.587. The van der Waals surface area contributed by atoms with Crippen LogP contribution in [0.15, 0.2) is 146 Å². The maximum atomic E-state index is 12.8. The molecule has 0 aromatic rings. The van der Waals surface area contributed by atoms with Gasteiger partial charge in [-0.2, -0.15) is 0 Å². The van der Waals surface area contributed by atoms with E-state index in [-0.39, 0.29) is 31.6 Å². The van der Waals surface area contributed by atoms with Gasteiger partial charge in [-0.1, -0.05) is 218 Å². The van der Waals surface area contributed by atoms with E-state index < -0.39 is 6.10 Å². The van der Waals surface area contributed by atoms with E-state index in [2.05, 4.69) is 161 Å². The summed E-state index contributed by atoms with van der Waals surface area (Å²) >= 11 is 0. The Morgan fingerprint density at radius 1 is 0.338 bits per heavy atom. The van der Waals surface area contributed by atoms with E-state index in [4.69, 9.17) is 14.2 Å². The monoisotopic (exact) mass is 937 g/mol. The van der Waals surface area contributed by atoms with Crippen LogP contribution in [0.25, 0.3) is 0 Å². The van der Waals surface area contributed by atoms with Crippen LogP contribution in [0, 0.1) is 0 Å². The number of rotatable bonds is 48. The molecule has 1 unspecified atom stereocenters. The second-order valence-electron chi connectivity index (χ2n) is 17.4. The van der Waals surface area contributed by atoms with Gasteiger partial charge in [-0.3, -0.25) is 9.59 Å². The van der Waals surface area contributed by atoms with Crippen LogP contribution in [0.5, 0.6) is 0 Å². The van der Waals surface area contributed by atoms with Crippen molar-refractivity contribution in [3.63, 3.8) is 0 Å². The molecule has 382 valence electrons. The minimum absolute atomic E-state index is 0.0204. The fourth-order valence-corrected chi connectivity index (χ4v) is 6.85. The second kappa shape index (κ2) is 57.1. The Hall–Kier alpha value is -4.22. The van der Waals surface area contributed by atoms with Gasteiger partial charge in [-0.25, -0.2) is 0 Å². The van der Waals surface area contributed by atoms with Gasteiger partial charge in [0.05, 0.1) is 6.61 Å². The minimum Gasteiger partial charge on any atom is -0.462 e. The number of allylic oxidation sites excluding steroid dienone is 24. The lowest BCUT2D eigenvalue weighted by Crippen LogP contribution is -2.30. The summed E-state index contributed by atoms with van der Waals surface area (Å²) in [6.45, 7) is 7.41. The predicted molar refractivity (Wildman–Crippen MR) is 297 cm³/mol. The maximum absolute atomic E-state index is 12.8. The first kappa shape index (κ1) is 63.8. The lowest BCUT2D eigenvalue weighted by molar-refractivity contribution is -0.162. The zero-order valence-electron chi connectivity index (χ0n) is 43.8. The largest absolute Gasteiger partial charge is 0.462 e. The molecule has 0 aromatic heterocycles. The van der Waals surface area contributed by atoms with Crippen LogP contribution >= 0.6 is 0 Å².